The Kier molecular flexibility index (Phi) is 5.90. The molecule has 0 atom stereocenters. The van der Waals surface area contributed by atoms with Crippen molar-refractivity contribution in [1.82, 2.24) is 4.98 Å². The molecule has 0 unspecified atom stereocenters. The van der Waals surface area contributed by atoms with Gasteiger partial charge in [0.05, 0.1) is 10.6 Å². The van der Waals surface area contributed by atoms with Gasteiger partial charge in [-0.1, -0.05) is 18.2 Å². The molecule has 3 aromatic rings. The Hall–Kier alpha value is -3.39. The van der Waals surface area contributed by atoms with Crippen LogP contribution in [0.4, 0.5) is 11.4 Å². The molecule has 1 heterocycles. The van der Waals surface area contributed by atoms with Crippen LogP contribution in [0.3, 0.4) is 0 Å². The van der Waals surface area contributed by atoms with E-state index in [1.807, 2.05) is 0 Å². The molecule has 2 aromatic carbocycles. The average Bonchev–Trinajstić information content (AvgIpc) is 2.70. The second-order valence-electron chi connectivity index (χ2n) is 6.42. The summed E-state index contributed by atoms with van der Waals surface area (Å²) in [6.45, 7) is 0.667. The zero-order chi connectivity index (χ0) is 20.1. The summed E-state index contributed by atoms with van der Waals surface area (Å²) in [6.07, 6.45) is 2.29. The van der Waals surface area contributed by atoms with E-state index in [0.29, 0.717) is 35.1 Å². The Morgan fingerprint density at radius 2 is 1.89 bits per heavy atom. The van der Waals surface area contributed by atoms with E-state index in [2.05, 4.69) is 10.3 Å². The fourth-order valence-electron chi connectivity index (χ4n) is 3.06. The fraction of sp³-hybridized carbons (Fsp3) is 0.250. The lowest BCUT2D eigenvalue weighted by Crippen LogP contribution is -2.06. The molecule has 0 saturated heterocycles. The molecular weight excluding hydrogens is 362 g/mol. The van der Waals surface area contributed by atoms with Crippen LogP contribution < -0.4 is 10.7 Å². The number of nitro benzene ring substituents is 1. The van der Waals surface area contributed by atoms with E-state index in [0.717, 1.165) is 12.8 Å². The van der Waals surface area contributed by atoms with Crippen LogP contribution in [0.25, 0.3) is 22.2 Å². The SMILES string of the molecule is O=c1c(O)c(-c2ccc(NCCCCCO)c([N+](=O)[O-])c2)[nH]c2ccccc12. The summed E-state index contributed by atoms with van der Waals surface area (Å²) >= 11 is 0. The molecule has 0 saturated carbocycles. The molecule has 0 radical (unpaired) electrons. The summed E-state index contributed by atoms with van der Waals surface area (Å²) in [5.41, 5.74) is 0.708. The number of H-pyrrole nitrogens is 1. The number of anilines is 1. The zero-order valence-electron chi connectivity index (χ0n) is 15.1. The Morgan fingerprint density at radius 3 is 2.64 bits per heavy atom. The summed E-state index contributed by atoms with van der Waals surface area (Å²) in [7, 11) is 0. The highest BCUT2D eigenvalue weighted by Crippen LogP contribution is 2.33. The number of aromatic amines is 1. The second-order valence-corrected chi connectivity index (χ2v) is 6.42. The van der Waals surface area contributed by atoms with E-state index in [4.69, 9.17) is 5.11 Å². The normalized spacial score (nSPS) is 10.9. The lowest BCUT2D eigenvalue weighted by Gasteiger charge is -2.10. The van der Waals surface area contributed by atoms with Crippen molar-refractivity contribution in [2.24, 2.45) is 0 Å². The summed E-state index contributed by atoms with van der Waals surface area (Å²) in [6, 6.07) is 11.3. The number of nitrogens with one attached hydrogen (secondary N) is 2. The first-order valence-electron chi connectivity index (χ1n) is 9.00. The molecule has 0 fully saturated rings. The van der Waals surface area contributed by atoms with Crippen LogP contribution in [-0.4, -0.2) is 33.3 Å². The molecule has 146 valence electrons. The number of benzene rings is 2. The van der Waals surface area contributed by atoms with Crippen molar-refractivity contribution in [3.63, 3.8) is 0 Å². The van der Waals surface area contributed by atoms with Crippen LogP contribution in [0, 0.1) is 10.1 Å². The maximum absolute atomic E-state index is 12.4. The van der Waals surface area contributed by atoms with Gasteiger partial charge in [0.25, 0.3) is 5.69 Å². The smallest absolute Gasteiger partial charge is 0.292 e. The van der Waals surface area contributed by atoms with Gasteiger partial charge in [-0.15, -0.1) is 0 Å². The third-order valence-electron chi connectivity index (χ3n) is 4.52. The maximum Gasteiger partial charge on any atom is 0.292 e. The third-order valence-corrected chi connectivity index (χ3v) is 4.52. The predicted octanol–water partition coefficient (Wildman–Crippen LogP) is 3.38. The summed E-state index contributed by atoms with van der Waals surface area (Å²) in [5.74, 6) is -0.474. The summed E-state index contributed by atoms with van der Waals surface area (Å²) in [5, 5.41) is 34.0. The lowest BCUT2D eigenvalue weighted by molar-refractivity contribution is -0.383. The highest BCUT2D eigenvalue weighted by Gasteiger charge is 2.18. The Morgan fingerprint density at radius 1 is 1.11 bits per heavy atom. The van der Waals surface area contributed by atoms with Gasteiger partial charge in [-0.3, -0.25) is 14.9 Å². The molecular formula is C20H21N3O5. The van der Waals surface area contributed by atoms with Gasteiger partial charge in [0.15, 0.2) is 5.75 Å². The Labute approximate surface area is 160 Å². The topological polar surface area (TPSA) is 128 Å². The van der Waals surface area contributed by atoms with Crippen LogP contribution in [0.1, 0.15) is 19.3 Å². The Balaban J connectivity index is 1.96. The molecule has 0 bridgehead atoms. The molecule has 3 rings (SSSR count). The largest absolute Gasteiger partial charge is 0.503 e. The minimum absolute atomic E-state index is 0.127. The number of pyridine rings is 1. The summed E-state index contributed by atoms with van der Waals surface area (Å²) < 4.78 is 0. The van der Waals surface area contributed by atoms with E-state index in [9.17, 15) is 20.0 Å². The molecule has 8 nitrogen and oxygen atoms in total. The monoisotopic (exact) mass is 383 g/mol. The zero-order valence-corrected chi connectivity index (χ0v) is 15.1. The van der Waals surface area contributed by atoms with Crippen molar-refractivity contribution in [3.8, 4) is 17.0 Å². The number of para-hydroxylation sites is 1. The molecule has 4 N–H and O–H groups in total. The molecule has 0 spiro atoms. The van der Waals surface area contributed by atoms with E-state index >= 15 is 0 Å². The molecule has 0 aliphatic carbocycles. The van der Waals surface area contributed by atoms with Gasteiger partial charge in [-0.25, -0.2) is 0 Å². The van der Waals surface area contributed by atoms with Crippen molar-refractivity contribution in [3.05, 3.63) is 62.8 Å². The number of nitro groups is 1. The number of aromatic nitrogens is 1. The van der Waals surface area contributed by atoms with Crippen LogP contribution in [0.2, 0.25) is 0 Å². The van der Waals surface area contributed by atoms with E-state index in [1.165, 1.54) is 6.07 Å². The third kappa shape index (κ3) is 3.96. The van der Waals surface area contributed by atoms with Gasteiger partial charge in [0.1, 0.15) is 5.69 Å². The second kappa shape index (κ2) is 8.53. The summed E-state index contributed by atoms with van der Waals surface area (Å²) in [4.78, 5) is 26.4. The fourth-order valence-corrected chi connectivity index (χ4v) is 3.06. The first kappa shape index (κ1) is 19.4. The van der Waals surface area contributed by atoms with Gasteiger partial charge in [0, 0.05) is 35.7 Å². The van der Waals surface area contributed by atoms with E-state index in [1.54, 1.807) is 36.4 Å². The first-order valence-corrected chi connectivity index (χ1v) is 9.00. The van der Waals surface area contributed by atoms with Gasteiger partial charge < -0.3 is 20.5 Å². The van der Waals surface area contributed by atoms with Crippen LogP contribution in [0.15, 0.2) is 47.3 Å². The number of unbranched alkanes of at least 4 members (excludes halogenated alkanes) is 2. The highest BCUT2D eigenvalue weighted by molar-refractivity contribution is 5.85. The van der Waals surface area contributed by atoms with Crippen molar-refractivity contribution >= 4 is 22.3 Å². The molecule has 8 heteroatoms. The maximum atomic E-state index is 12.4. The van der Waals surface area contributed by atoms with Crippen LogP contribution in [-0.2, 0) is 0 Å². The van der Waals surface area contributed by atoms with E-state index in [-0.39, 0.29) is 18.0 Å². The number of rotatable bonds is 8. The minimum atomic E-state index is -0.530. The van der Waals surface area contributed by atoms with E-state index < -0.39 is 16.1 Å². The Bertz CT molecular complexity index is 1060. The lowest BCUT2D eigenvalue weighted by atomic mass is 10.1. The number of hydrogen-bond donors (Lipinski definition) is 4. The standard InChI is InChI=1S/C20H21N3O5/c24-11-5-1-4-10-21-16-9-8-13(12-17(16)23(27)28)18-20(26)19(25)14-6-2-3-7-15(14)22-18/h2-3,6-9,12,21,24,26H,1,4-5,10-11H2,(H,22,25). The van der Waals surface area contributed by atoms with Crippen LogP contribution in [0.5, 0.6) is 5.75 Å². The number of nitrogens with zero attached hydrogens (tertiary/aromatic N) is 1. The quantitative estimate of drug-likeness (QED) is 0.268. The van der Waals surface area contributed by atoms with Gasteiger partial charge in [0.2, 0.25) is 5.43 Å². The van der Waals surface area contributed by atoms with Crippen molar-refractivity contribution < 1.29 is 15.1 Å². The predicted molar refractivity (Wildman–Crippen MR) is 108 cm³/mol. The number of aliphatic hydroxyl groups excluding tert-OH is 1. The number of hydrogen-bond acceptors (Lipinski definition) is 6. The van der Waals surface area contributed by atoms with Gasteiger partial charge in [-0.05, 0) is 37.5 Å². The van der Waals surface area contributed by atoms with Crippen LogP contribution >= 0.6 is 0 Å². The molecule has 0 aliphatic heterocycles. The first-order chi connectivity index (χ1) is 13.5. The number of aromatic hydroxyl groups is 1. The molecule has 0 aliphatic rings. The molecule has 1 aromatic heterocycles. The highest BCUT2D eigenvalue weighted by atomic mass is 16.6. The van der Waals surface area contributed by atoms with Gasteiger partial charge in [-0.2, -0.15) is 0 Å². The van der Waals surface area contributed by atoms with Crippen molar-refractivity contribution in [2.75, 3.05) is 18.5 Å². The van der Waals surface area contributed by atoms with Gasteiger partial charge >= 0.3 is 0 Å². The van der Waals surface area contributed by atoms with Crippen molar-refractivity contribution in [2.45, 2.75) is 19.3 Å². The number of aliphatic hydroxyl groups is 1. The molecule has 0 amide bonds. The van der Waals surface area contributed by atoms with Crippen molar-refractivity contribution in [1.29, 1.82) is 0 Å². The number of fused-ring (bicyclic) bond motifs is 1. The average molecular weight is 383 g/mol. The minimum Gasteiger partial charge on any atom is -0.503 e. The molecule has 28 heavy (non-hydrogen) atoms.